The Balaban J connectivity index is 0.000000188. The highest BCUT2D eigenvalue weighted by Crippen LogP contribution is 2.26. The standard InChI is InChI=1S/C17H14N4O3S.C15H11N5O2S/c1-24-14-7-6-10(8-19-14)17-21-13(9-25-17)16(23)20-12-5-3-2-4-11(12)15(18)22;16-13(21)10-3-6-18-7-11(10)19-14(22)12-8-23-15(20-12)9-1-4-17-5-2-9/h2-9H,1H3,(H2,18,22)(H,20,23);1-8H,(H2,16,21)(H,19,22). The summed E-state index contributed by atoms with van der Waals surface area (Å²) in [5.41, 5.74) is 13.8. The monoisotopic (exact) mass is 679 g/mol. The number of thiazole rings is 2. The Morgan fingerprint density at radius 3 is 1.85 bits per heavy atom. The Bertz CT molecular complexity index is 2080. The van der Waals surface area contributed by atoms with Crippen molar-refractivity contribution in [1.29, 1.82) is 0 Å². The van der Waals surface area contributed by atoms with E-state index in [1.807, 2.05) is 18.2 Å². The van der Waals surface area contributed by atoms with Crippen LogP contribution in [0.15, 0.2) is 96.3 Å². The fourth-order valence-corrected chi connectivity index (χ4v) is 5.63. The van der Waals surface area contributed by atoms with Crippen molar-refractivity contribution < 1.29 is 23.9 Å². The summed E-state index contributed by atoms with van der Waals surface area (Å²) in [5.74, 6) is -1.60. The summed E-state index contributed by atoms with van der Waals surface area (Å²) >= 11 is 2.67. The van der Waals surface area contributed by atoms with Crippen LogP contribution >= 0.6 is 22.7 Å². The molecule has 5 heterocycles. The van der Waals surface area contributed by atoms with Crippen molar-refractivity contribution in [3.8, 4) is 27.0 Å². The average Bonchev–Trinajstić information content (AvgIpc) is 3.81. The van der Waals surface area contributed by atoms with Crippen LogP contribution in [0.25, 0.3) is 21.1 Å². The molecule has 0 aliphatic rings. The van der Waals surface area contributed by atoms with Gasteiger partial charge in [-0.3, -0.25) is 29.1 Å². The Hall–Kier alpha value is -6.39. The second kappa shape index (κ2) is 15.3. The van der Waals surface area contributed by atoms with E-state index in [1.54, 1.807) is 59.7 Å². The Morgan fingerprint density at radius 1 is 0.667 bits per heavy atom. The van der Waals surface area contributed by atoms with Gasteiger partial charge >= 0.3 is 0 Å². The van der Waals surface area contributed by atoms with Gasteiger partial charge in [0.15, 0.2) is 0 Å². The number of primary amides is 2. The minimum absolute atomic E-state index is 0.193. The van der Waals surface area contributed by atoms with Gasteiger partial charge in [0.2, 0.25) is 5.88 Å². The van der Waals surface area contributed by atoms with E-state index in [-0.39, 0.29) is 28.2 Å². The first-order valence-corrected chi connectivity index (χ1v) is 15.6. The summed E-state index contributed by atoms with van der Waals surface area (Å²) in [4.78, 5) is 68.0. The van der Waals surface area contributed by atoms with Gasteiger partial charge in [-0.05, 0) is 36.4 Å². The normalized spacial score (nSPS) is 10.3. The highest BCUT2D eigenvalue weighted by atomic mass is 32.1. The number of rotatable bonds is 9. The second-order valence-corrected chi connectivity index (χ2v) is 11.2. The molecule has 0 fully saturated rings. The van der Waals surface area contributed by atoms with Gasteiger partial charge in [-0.25, -0.2) is 15.0 Å². The number of hydrogen-bond donors (Lipinski definition) is 4. The fourth-order valence-electron chi connectivity index (χ4n) is 4.03. The van der Waals surface area contributed by atoms with Crippen LogP contribution in [-0.4, -0.2) is 55.7 Å². The fraction of sp³-hybridized carbons (Fsp3) is 0.0312. The highest BCUT2D eigenvalue weighted by molar-refractivity contribution is 7.13. The first-order chi connectivity index (χ1) is 23.2. The number of carbonyl (C=O) groups excluding carboxylic acids is 4. The number of carbonyl (C=O) groups is 4. The summed E-state index contributed by atoms with van der Waals surface area (Å²) in [6.45, 7) is 0. The van der Waals surface area contributed by atoms with E-state index in [4.69, 9.17) is 16.2 Å². The average molecular weight is 680 g/mol. The molecule has 48 heavy (non-hydrogen) atoms. The molecule has 240 valence electrons. The van der Waals surface area contributed by atoms with E-state index < -0.39 is 23.6 Å². The van der Waals surface area contributed by atoms with E-state index >= 15 is 0 Å². The van der Waals surface area contributed by atoms with Gasteiger partial charge < -0.3 is 26.8 Å². The maximum absolute atomic E-state index is 12.4. The minimum atomic E-state index is -0.640. The Kier molecular flexibility index (Phi) is 10.5. The first kappa shape index (κ1) is 33.0. The van der Waals surface area contributed by atoms with E-state index in [0.717, 1.165) is 11.1 Å². The lowest BCUT2D eigenvalue weighted by atomic mass is 10.1. The number of ether oxygens (including phenoxy) is 1. The van der Waals surface area contributed by atoms with Gasteiger partial charge in [-0.15, -0.1) is 22.7 Å². The number of hydrogen-bond acceptors (Lipinski definition) is 12. The molecule has 5 aromatic heterocycles. The second-order valence-electron chi connectivity index (χ2n) is 9.50. The molecule has 16 heteroatoms. The molecule has 6 N–H and O–H groups in total. The molecule has 0 saturated heterocycles. The van der Waals surface area contributed by atoms with Crippen LogP contribution in [0.4, 0.5) is 11.4 Å². The summed E-state index contributed by atoms with van der Waals surface area (Å²) in [6, 6.07) is 15.1. The number of aromatic nitrogens is 5. The first-order valence-electron chi connectivity index (χ1n) is 13.8. The maximum atomic E-state index is 12.4. The predicted molar refractivity (Wildman–Crippen MR) is 181 cm³/mol. The van der Waals surface area contributed by atoms with Crippen molar-refractivity contribution >= 4 is 57.7 Å². The molecule has 6 rings (SSSR count). The molecule has 4 amide bonds. The number of nitrogens with zero attached hydrogens (tertiary/aromatic N) is 5. The predicted octanol–water partition coefficient (Wildman–Crippen LogP) is 4.52. The minimum Gasteiger partial charge on any atom is -0.481 e. The molecule has 1 aromatic carbocycles. The lowest BCUT2D eigenvalue weighted by molar-refractivity contribution is 0.0989. The lowest BCUT2D eigenvalue weighted by Gasteiger charge is -2.07. The number of benzene rings is 1. The number of nitrogens with two attached hydrogens (primary N) is 2. The van der Waals surface area contributed by atoms with Crippen LogP contribution in [0.1, 0.15) is 41.7 Å². The molecule has 0 bridgehead atoms. The van der Waals surface area contributed by atoms with Crippen LogP contribution in [0.2, 0.25) is 0 Å². The zero-order valence-electron chi connectivity index (χ0n) is 25.0. The molecule has 0 radical (unpaired) electrons. The topological polar surface area (TPSA) is 218 Å². The number of amides is 4. The van der Waals surface area contributed by atoms with Crippen molar-refractivity contribution in [2.75, 3.05) is 17.7 Å². The summed E-state index contributed by atoms with van der Waals surface area (Å²) in [5, 5.41) is 9.91. The van der Waals surface area contributed by atoms with Gasteiger partial charge in [0.05, 0.1) is 35.8 Å². The van der Waals surface area contributed by atoms with Crippen molar-refractivity contribution in [1.82, 2.24) is 24.9 Å². The van der Waals surface area contributed by atoms with Crippen LogP contribution in [-0.2, 0) is 0 Å². The molecule has 0 atom stereocenters. The lowest BCUT2D eigenvalue weighted by Crippen LogP contribution is -2.18. The van der Waals surface area contributed by atoms with E-state index in [0.29, 0.717) is 21.6 Å². The summed E-state index contributed by atoms with van der Waals surface area (Å²) in [6.07, 6.45) is 7.74. The number of methoxy groups -OCH3 is 1. The van der Waals surface area contributed by atoms with Crippen LogP contribution in [0.5, 0.6) is 5.88 Å². The number of anilines is 2. The largest absolute Gasteiger partial charge is 0.481 e. The molecular weight excluding hydrogens is 655 g/mol. The molecule has 0 aliphatic carbocycles. The molecular formula is C32H25N9O5S2. The number of pyridine rings is 3. The molecule has 0 unspecified atom stereocenters. The zero-order chi connectivity index (χ0) is 34.0. The Morgan fingerprint density at radius 2 is 1.25 bits per heavy atom. The van der Waals surface area contributed by atoms with Crippen molar-refractivity contribution in [2.45, 2.75) is 0 Å². The van der Waals surface area contributed by atoms with Gasteiger partial charge in [0.25, 0.3) is 23.6 Å². The van der Waals surface area contributed by atoms with Crippen molar-refractivity contribution in [2.24, 2.45) is 11.5 Å². The van der Waals surface area contributed by atoms with Crippen molar-refractivity contribution in [3.05, 3.63) is 119 Å². The van der Waals surface area contributed by atoms with Crippen LogP contribution in [0, 0.1) is 0 Å². The quantitative estimate of drug-likeness (QED) is 0.167. The molecule has 6 aromatic rings. The summed E-state index contributed by atoms with van der Waals surface area (Å²) < 4.78 is 5.02. The third kappa shape index (κ3) is 8.06. The summed E-state index contributed by atoms with van der Waals surface area (Å²) in [7, 11) is 1.54. The number of para-hydroxylation sites is 1. The highest BCUT2D eigenvalue weighted by Gasteiger charge is 2.17. The molecule has 14 nitrogen and oxygen atoms in total. The molecule has 0 spiro atoms. The third-order valence-corrected chi connectivity index (χ3v) is 8.15. The zero-order valence-corrected chi connectivity index (χ0v) is 26.6. The van der Waals surface area contributed by atoms with Crippen LogP contribution in [0.3, 0.4) is 0 Å². The van der Waals surface area contributed by atoms with E-state index in [1.165, 1.54) is 48.2 Å². The number of nitrogens with one attached hydrogen (secondary N) is 2. The smallest absolute Gasteiger partial charge is 0.275 e. The van der Waals surface area contributed by atoms with E-state index in [9.17, 15) is 19.2 Å². The third-order valence-electron chi connectivity index (χ3n) is 6.37. The van der Waals surface area contributed by atoms with Gasteiger partial charge in [-0.2, -0.15) is 0 Å². The SMILES string of the molecule is COc1ccc(-c2nc(C(=O)Nc3ccccc3C(N)=O)cs2)cn1.NC(=O)c1ccncc1NC(=O)c1csc(-c2ccncc2)n1. The van der Waals surface area contributed by atoms with Gasteiger partial charge in [0.1, 0.15) is 21.4 Å². The van der Waals surface area contributed by atoms with Gasteiger partial charge in [0, 0.05) is 52.7 Å². The van der Waals surface area contributed by atoms with E-state index in [2.05, 4.69) is 35.6 Å². The molecule has 0 aliphatic heterocycles. The maximum Gasteiger partial charge on any atom is 0.275 e. The van der Waals surface area contributed by atoms with Gasteiger partial charge in [-0.1, -0.05) is 12.1 Å². The molecule has 0 saturated carbocycles. The van der Waals surface area contributed by atoms with Crippen LogP contribution < -0.4 is 26.8 Å². The Labute approximate surface area is 280 Å². The van der Waals surface area contributed by atoms with Crippen molar-refractivity contribution in [3.63, 3.8) is 0 Å².